The third-order valence-corrected chi connectivity index (χ3v) is 2.90. The molecule has 0 bridgehead atoms. The minimum Gasteiger partial charge on any atom is -0.312 e. The fraction of sp³-hybridized carbons (Fsp3) is 0.400. The van der Waals surface area contributed by atoms with Gasteiger partial charge in [0.1, 0.15) is 0 Å². The number of rotatable bonds is 0. The van der Waals surface area contributed by atoms with Crippen LogP contribution in [0.15, 0.2) is 22.7 Å². The van der Waals surface area contributed by atoms with E-state index in [1.807, 2.05) is 0 Å². The van der Waals surface area contributed by atoms with Gasteiger partial charge in [0.2, 0.25) is 0 Å². The van der Waals surface area contributed by atoms with Crippen molar-refractivity contribution in [2.45, 2.75) is 19.4 Å². The first-order valence-electron chi connectivity index (χ1n) is 4.26. The van der Waals surface area contributed by atoms with Crippen LogP contribution in [0.2, 0.25) is 0 Å². The van der Waals surface area contributed by atoms with Gasteiger partial charge >= 0.3 is 0 Å². The summed E-state index contributed by atoms with van der Waals surface area (Å²) in [6.07, 6.45) is 0. The lowest BCUT2D eigenvalue weighted by Gasteiger charge is -2.23. The van der Waals surface area contributed by atoms with Gasteiger partial charge in [-0.05, 0) is 29.2 Å². The van der Waals surface area contributed by atoms with Crippen molar-refractivity contribution in [3.8, 4) is 0 Å². The average molecular weight is 226 g/mol. The van der Waals surface area contributed by atoms with Crippen LogP contribution in [0.1, 0.15) is 24.0 Å². The van der Waals surface area contributed by atoms with Crippen LogP contribution in [0, 0.1) is 0 Å². The monoisotopic (exact) mass is 225 g/mol. The number of benzene rings is 1. The van der Waals surface area contributed by atoms with Crippen LogP contribution in [0.25, 0.3) is 0 Å². The Bertz CT molecular complexity index is 296. The molecule has 1 atom stereocenters. The quantitative estimate of drug-likeness (QED) is 0.717. The first-order chi connectivity index (χ1) is 5.77. The van der Waals surface area contributed by atoms with E-state index in [0.29, 0.717) is 5.92 Å². The van der Waals surface area contributed by atoms with Crippen LogP contribution in [0.5, 0.6) is 0 Å². The van der Waals surface area contributed by atoms with E-state index >= 15 is 0 Å². The lowest BCUT2D eigenvalue weighted by molar-refractivity contribution is 0.571. The van der Waals surface area contributed by atoms with Crippen molar-refractivity contribution in [1.82, 2.24) is 5.32 Å². The first kappa shape index (κ1) is 8.27. The van der Waals surface area contributed by atoms with Crippen molar-refractivity contribution in [2.75, 3.05) is 6.54 Å². The van der Waals surface area contributed by atoms with E-state index in [9.17, 15) is 0 Å². The zero-order valence-corrected chi connectivity index (χ0v) is 8.69. The van der Waals surface area contributed by atoms with E-state index in [4.69, 9.17) is 0 Å². The maximum Gasteiger partial charge on any atom is 0.0208 e. The number of hydrogen-bond acceptors (Lipinski definition) is 1. The van der Waals surface area contributed by atoms with Crippen molar-refractivity contribution in [3.63, 3.8) is 0 Å². The van der Waals surface area contributed by atoms with Crippen LogP contribution in [-0.4, -0.2) is 6.54 Å². The largest absolute Gasteiger partial charge is 0.312 e. The highest BCUT2D eigenvalue weighted by atomic mass is 79.9. The summed E-state index contributed by atoms with van der Waals surface area (Å²) in [5.41, 5.74) is 2.93. The van der Waals surface area contributed by atoms with Crippen molar-refractivity contribution < 1.29 is 0 Å². The molecule has 0 radical (unpaired) electrons. The number of nitrogens with one attached hydrogen (secondary N) is 1. The predicted octanol–water partition coefficient (Wildman–Crippen LogP) is 2.66. The summed E-state index contributed by atoms with van der Waals surface area (Å²) in [6, 6.07) is 6.54. The highest BCUT2D eigenvalue weighted by Gasteiger charge is 2.15. The molecule has 1 heterocycles. The molecule has 1 aliphatic rings. The summed E-state index contributed by atoms with van der Waals surface area (Å²) in [5, 5.41) is 3.39. The smallest absolute Gasteiger partial charge is 0.0208 e. The molecule has 1 aromatic rings. The SMILES string of the molecule is C[C@@H]1CNCc2ccc(Br)cc21. The Hall–Kier alpha value is -0.340. The maximum absolute atomic E-state index is 3.50. The Morgan fingerprint density at radius 2 is 2.33 bits per heavy atom. The summed E-state index contributed by atoms with van der Waals surface area (Å²) in [5.74, 6) is 0.645. The highest BCUT2D eigenvalue weighted by molar-refractivity contribution is 9.10. The Morgan fingerprint density at radius 1 is 1.50 bits per heavy atom. The molecule has 64 valence electrons. The molecule has 0 saturated heterocycles. The van der Waals surface area contributed by atoms with Gasteiger partial charge in [0, 0.05) is 17.6 Å². The molecule has 0 spiro atoms. The third-order valence-electron chi connectivity index (χ3n) is 2.40. The van der Waals surface area contributed by atoms with Gasteiger partial charge in [-0.25, -0.2) is 0 Å². The van der Waals surface area contributed by atoms with Crippen molar-refractivity contribution in [1.29, 1.82) is 0 Å². The number of fused-ring (bicyclic) bond motifs is 1. The van der Waals surface area contributed by atoms with E-state index in [2.05, 4.69) is 46.4 Å². The summed E-state index contributed by atoms with van der Waals surface area (Å²) in [4.78, 5) is 0. The van der Waals surface area contributed by atoms with E-state index in [1.54, 1.807) is 0 Å². The molecule has 12 heavy (non-hydrogen) atoms. The molecule has 1 aliphatic heterocycles. The van der Waals surface area contributed by atoms with Crippen LogP contribution >= 0.6 is 15.9 Å². The third kappa shape index (κ3) is 1.41. The molecule has 0 amide bonds. The fourth-order valence-corrected chi connectivity index (χ4v) is 2.10. The Balaban J connectivity index is 2.47. The Morgan fingerprint density at radius 3 is 3.17 bits per heavy atom. The zero-order valence-electron chi connectivity index (χ0n) is 7.10. The van der Waals surface area contributed by atoms with Gasteiger partial charge in [-0.3, -0.25) is 0 Å². The van der Waals surface area contributed by atoms with E-state index < -0.39 is 0 Å². The van der Waals surface area contributed by atoms with Gasteiger partial charge in [0.25, 0.3) is 0 Å². The maximum atomic E-state index is 3.50. The lowest BCUT2D eigenvalue weighted by atomic mass is 9.93. The minimum atomic E-state index is 0.645. The normalized spacial score (nSPS) is 22.0. The molecule has 0 fully saturated rings. The molecule has 0 aliphatic carbocycles. The van der Waals surface area contributed by atoms with Gasteiger partial charge in [-0.2, -0.15) is 0 Å². The Labute approximate surface area is 81.3 Å². The molecule has 0 aromatic heterocycles. The summed E-state index contributed by atoms with van der Waals surface area (Å²) in [7, 11) is 0. The van der Waals surface area contributed by atoms with Crippen LogP contribution in [0.3, 0.4) is 0 Å². The molecule has 0 saturated carbocycles. The minimum absolute atomic E-state index is 0.645. The molecular formula is C10H12BrN. The molecule has 2 rings (SSSR count). The topological polar surface area (TPSA) is 12.0 Å². The van der Waals surface area contributed by atoms with Crippen molar-refractivity contribution in [2.24, 2.45) is 0 Å². The van der Waals surface area contributed by atoms with Gasteiger partial charge in [-0.1, -0.05) is 28.9 Å². The van der Waals surface area contributed by atoms with Crippen molar-refractivity contribution in [3.05, 3.63) is 33.8 Å². The second kappa shape index (κ2) is 3.19. The first-order valence-corrected chi connectivity index (χ1v) is 5.05. The molecule has 1 nitrogen and oxygen atoms in total. The Kier molecular flexibility index (Phi) is 2.20. The van der Waals surface area contributed by atoms with E-state index in [-0.39, 0.29) is 0 Å². The van der Waals surface area contributed by atoms with Crippen LogP contribution in [0.4, 0.5) is 0 Å². The van der Waals surface area contributed by atoms with Gasteiger partial charge in [0.15, 0.2) is 0 Å². The van der Waals surface area contributed by atoms with E-state index in [1.165, 1.54) is 15.6 Å². The fourth-order valence-electron chi connectivity index (χ4n) is 1.72. The second-order valence-electron chi connectivity index (χ2n) is 3.38. The average Bonchev–Trinajstić information content (AvgIpc) is 2.07. The lowest BCUT2D eigenvalue weighted by Crippen LogP contribution is -2.26. The summed E-state index contributed by atoms with van der Waals surface area (Å²) < 4.78 is 1.19. The predicted molar refractivity (Wildman–Crippen MR) is 54.3 cm³/mol. The number of halogens is 1. The van der Waals surface area contributed by atoms with Gasteiger partial charge in [-0.15, -0.1) is 0 Å². The molecule has 1 aromatic carbocycles. The van der Waals surface area contributed by atoms with Crippen LogP contribution in [-0.2, 0) is 6.54 Å². The second-order valence-corrected chi connectivity index (χ2v) is 4.29. The van der Waals surface area contributed by atoms with Gasteiger partial charge < -0.3 is 5.32 Å². The standard InChI is InChI=1S/C10H12BrN/c1-7-5-12-6-8-2-3-9(11)4-10(7)8/h2-4,7,12H,5-6H2,1H3/t7-/m1/s1. The highest BCUT2D eigenvalue weighted by Crippen LogP contribution is 2.26. The zero-order chi connectivity index (χ0) is 8.55. The van der Waals surface area contributed by atoms with Gasteiger partial charge in [0.05, 0.1) is 0 Å². The number of hydrogen-bond donors (Lipinski definition) is 1. The molecule has 1 N–H and O–H groups in total. The van der Waals surface area contributed by atoms with E-state index in [0.717, 1.165) is 13.1 Å². The van der Waals surface area contributed by atoms with Crippen LogP contribution < -0.4 is 5.32 Å². The summed E-state index contributed by atoms with van der Waals surface area (Å²) >= 11 is 3.50. The van der Waals surface area contributed by atoms with Crippen molar-refractivity contribution >= 4 is 15.9 Å². The molecule has 0 unspecified atom stereocenters. The summed E-state index contributed by atoms with van der Waals surface area (Å²) in [6.45, 7) is 4.38. The molecular weight excluding hydrogens is 214 g/mol. The molecule has 2 heteroatoms.